The van der Waals surface area contributed by atoms with Crippen LogP contribution < -0.4 is 4.74 Å². The molecule has 0 bridgehead atoms. The second kappa shape index (κ2) is 6.75. The topological polar surface area (TPSA) is 9.23 Å². The third-order valence-corrected chi connectivity index (χ3v) is 4.61. The van der Waals surface area contributed by atoms with E-state index >= 15 is 0 Å². The summed E-state index contributed by atoms with van der Waals surface area (Å²) in [7, 11) is 0. The lowest BCUT2D eigenvalue weighted by Crippen LogP contribution is -2.06. The van der Waals surface area contributed by atoms with E-state index in [1.165, 1.54) is 6.07 Å². The molecule has 2 aromatic carbocycles. The summed E-state index contributed by atoms with van der Waals surface area (Å²) >= 11 is 9.82. The first-order valence-electron chi connectivity index (χ1n) is 6.34. The number of para-hydroxylation sites is 1. The fraction of sp³-hybridized carbons (Fsp3) is 0.250. The number of aryl methyl sites for hydroxylation is 2. The molecule has 0 N–H and O–H groups in total. The fourth-order valence-corrected chi connectivity index (χ4v) is 3.27. The predicted molar refractivity (Wildman–Crippen MR) is 84.8 cm³/mol. The molecule has 1 atom stereocenters. The molecule has 0 aliphatic heterocycles. The largest absolute Gasteiger partial charge is 0.434 e. The summed E-state index contributed by atoms with van der Waals surface area (Å²) in [6.45, 7) is 1.10. The van der Waals surface area contributed by atoms with Gasteiger partial charge in [0.05, 0.1) is 4.83 Å². The van der Waals surface area contributed by atoms with Crippen molar-refractivity contribution in [2.24, 2.45) is 0 Å². The average Bonchev–Trinajstić information content (AvgIpc) is 2.42. The SMILES string of the molecule is Cc1cc(Cl)c(C(Br)c2ccccc2OC(F)F)cc1C. The van der Waals surface area contributed by atoms with Gasteiger partial charge in [0, 0.05) is 10.6 Å². The van der Waals surface area contributed by atoms with Gasteiger partial charge in [-0.2, -0.15) is 8.78 Å². The zero-order valence-corrected chi connectivity index (χ0v) is 13.9. The second-order valence-electron chi connectivity index (χ2n) is 4.74. The van der Waals surface area contributed by atoms with Crippen molar-refractivity contribution in [2.45, 2.75) is 25.3 Å². The van der Waals surface area contributed by atoms with E-state index in [0.717, 1.165) is 16.7 Å². The van der Waals surface area contributed by atoms with Gasteiger partial charge in [-0.15, -0.1) is 0 Å². The van der Waals surface area contributed by atoms with Crippen LogP contribution in [0.2, 0.25) is 5.02 Å². The van der Waals surface area contributed by atoms with Crippen LogP contribution in [0.1, 0.15) is 27.1 Å². The Morgan fingerprint density at radius 3 is 2.33 bits per heavy atom. The van der Waals surface area contributed by atoms with E-state index < -0.39 is 6.61 Å². The standard InChI is InChI=1S/C16H14BrClF2O/c1-9-7-12(13(18)8-10(9)2)15(17)11-5-3-4-6-14(11)21-16(19)20/h3-8,15-16H,1-2H3. The zero-order valence-electron chi connectivity index (χ0n) is 11.5. The average molecular weight is 376 g/mol. The molecule has 0 aromatic heterocycles. The Balaban J connectivity index is 2.45. The maximum atomic E-state index is 12.5. The van der Waals surface area contributed by atoms with Crippen LogP contribution in [-0.4, -0.2) is 6.61 Å². The molecule has 0 aliphatic rings. The van der Waals surface area contributed by atoms with Gasteiger partial charge in [0.1, 0.15) is 5.75 Å². The molecule has 0 radical (unpaired) electrons. The molecule has 21 heavy (non-hydrogen) atoms. The highest BCUT2D eigenvalue weighted by atomic mass is 79.9. The first-order valence-corrected chi connectivity index (χ1v) is 7.64. The monoisotopic (exact) mass is 374 g/mol. The molecule has 5 heteroatoms. The summed E-state index contributed by atoms with van der Waals surface area (Å²) < 4.78 is 29.6. The minimum Gasteiger partial charge on any atom is -0.434 e. The third-order valence-electron chi connectivity index (χ3n) is 3.29. The Hall–Kier alpha value is -1.13. The summed E-state index contributed by atoms with van der Waals surface area (Å²) in [5, 5.41) is 0.590. The van der Waals surface area contributed by atoms with Crippen molar-refractivity contribution in [3.8, 4) is 5.75 Å². The molecule has 0 heterocycles. The highest BCUT2D eigenvalue weighted by Gasteiger charge is 2.20. The predicted octanol–water partition coefficient (Wildman–Crippen LogP) is 6.04. The maximum Gasteiger partial charge on any atom is 0.387 e. The Kier molecular flexibility index (Phi) is 5.22. The van der Waals surface area contributed by atoms with Gasteiger partial charge in [0.15, 0.2) is 0 Å². The van der Waals surface area contributed by atoms with Gasteiger partial charge in [0.25, 0.3) is 0 Å². The summed E-state index contributed by atoms with van der Waals surface area (Å²) in [5.41, 5.74) is 3.61. The number of ether oxygens (including phenoxy) is 1. The van der Waals surface area contributed by atoms with E-state index in [9.17, 15) is 8.78 Å². The number of hydrogen-bond acceptors (Lipinski definition) is 1. The van der Waals surface area contributed by atoms with E-state index in [4.69, 9.17) is 11.6 Å². The Morgan fingerprint density at radius 2 is 1.67 bits per heavy atom. The van der Waals surface area contributed by atoms with Gasteiger partial charge in [-0.25, -0.2) is 0 Å². The van der Waals surface area contributed by atoms with Gasteiger partial charge in [-0.05, 0) is 42.7 Å². The highest BCUT2D eigenvalue weighted by Crippen LogP contribution is 2.40. The van der Waals surface area contributed by atoms with Gasteiger partial charge < -0.3 is 4.74 Å². The van der Waals surface area contributed by atoms with E-state index in [1.807, 2.05) is 26.0 Å². The molecule has 0 spiro atoms. The van der Waals surface area contributed by atoms with Crippen molar-refractivity contribution in [1.29, 1.82) is 0 Å². The molecular weight excluding hydrogens is 362 g/mol. The van der Waals surface area contributed by atoms with Gasteiger partial charge in [-0.1, -0.05) is 51.8 Å². The molecule has 1 unspecified atom stereocenters. The highest BCUT2D eigenvalue weighted by molar-refractivity contribution is 9.09. The summed E-state index contributed by atoms with van der Waals surface area (Å²) in [5.74, 6) is 0.142. The van der Waals surface area contributed by atoms with Crippen LogP contribution in [0, 0.1) is 13.8 Å². The molecular formula is C16H14BrClF2O. The summed E-state index contributed by atoms with van der Waals surface area (Å²) in [6.07, 6.45) is 0. The fourth-order valence-electron chi connectivity index (χ4n) is 2.06. The normalized spacial score (nSPS) is 12.5. The van der Waals surface area contributed by atoms with Gasteiger partial charge >= 0.3 is 6.61 Å². The molecule has 0 saturated carbocycles. The van der Waals surface area contributed by atoms with Gasteiger partial charge in [0.2, 0.25) is 0 Å². The first kappa shape index (κ1) is 16.2. The lowest BCUT2D eigenvalue weighted by molar-refractivity contribution is -0.0503. The van der Waals surface area contributed by atoms with Crippen molar-refractivity contribution in [3.05, 3.63) is 63.7 Å². The van der Waals surface area contributed by atoms with Crippen LogP contribution in [-0.2, 0) is 0 Å². The summed E-state index contributed by atoms with van der Waals surface area (Å²) in [6, 6.07) is 10.5. The van der Waals surface area contributed by atoms with Crippen molar-refractivity contribution < 1.29 is 13.5 Å². The van der Waals surface area contributed by atoms with Crippen molar-refractivity contribution in [1.82, 2.24) is 0 Å². The van der Waals surface area contributed by atoms with E-state index in [-0.39, 0.29) is 10.6 Å². The zero-order chi connectivity index (χ0) is 15.6. The lowest BCUT2D eigenvalue weighted by atomic mass is 9.99. The number of alkyl halides is 3. The smallest absolute Gasteiger partial charge is 0.387 e. The third kappa shape index (κ3) is 3.74. The lowest BCUT2D eigenvalue weighted by Gasteiger charge is -2.18. The van der Waals surface area contributed by atoms with E-state index in [2.05, 4.69) is 20.7 Å². The maximum absolute atomic E-state index is 12.5. The molecule has 0 amide bonds. The number of rotatable bonds is 4. The van der Waals surface area contributed by atoms with Crippen LogP contribution in [0.5, 0.6) is 5.75 Å². The van der Waals surface area contributed by atoms with Crippen LogP contribution in [0.15, 0.2) is 36.4 Å². The molecule has 112 valence electrons. The minimum atomic E-state index is -2.86. The van der Waals surface area contributed by atoms with Crippen molar-refractivity contribution >= 4 is 27.5 Å². The summed E-state index contributed by atoms with van der Waals surface area (Å²) in [4.78, 5) is -0.320. The second-order valence-corrected chi connectivity index (χ2v) is 6.06. The van der Waals surface area contributed by atoms with Crippen LogP contribution >= 0.6 is 27.5 Å². The van der Waals surface area contributed by atoms with Crippen LogP contribution in [0.25, 0.3) is 0 Å². The number of halogens is 4. The molecule has 2 aromatic rings. The van der Waals surface area contributed by atoms with Crippen LogP contribution in [0.4, 0.5) is 8.78 Å². The van der Waals surface area contributed by atoms with E-state index in [0.29, 0.717) is 10.6 Å². The quantitative estimate of drug-likeness (QED) is 0.592. The molecule has 1 nitrogen and oxygen atoms in total. The van der Waals surface area contributed by atoms with Crippen molar-refractivity contribution in [3.63, 3.8) is 0 Å². The Morgan fingerprint density at radius 1 is 1.05 bits per heavy atom. The molecule has 0 saturated heterocycles. The van der Waals surface area contributed by atoms with Crippen molar-refractivity contribution in [2.75, 3.05) is 0 Å². The number of hydrogen-bond donors (Lipinski definition) is 0. The molecule has 0 fully saturated rings. The van der Waals surface area contributed by atoms with Gasteiger partial charge in [-0.3, -0.25) is 0 Å². The number of benzene rings is 2. The first-order chi connectivity index (χ1) is 9.90. The van der Waals surface area contributed by atoms with Crippen LogP contribution in [0.3, 0.4) is 0 Å². The Bertz CT molecular complexity index is 646. The molecule has 0 aliphatic carbocycles. The van der Waals surface area contributed by atoms with E-state index in [1.54, 1.807) is 18.2 Å². The minimum absolute atomic E-state index is 0.142. The Labute approximate surface area is 136 Å². The molecule has 2 rings (SSSR count).